The van der Waals surface area contributed by atoms with Crippen molar-refractivity contribution in [1.29, 1.82) is 0 Å². The first-order valence-electron chi connectivity index (χ1n) is 5.97. The smallest absolute Gasteiger partial charge is 0.119 e. The van der Waals surface area contributed by atoms with E-state index in [-0.39, 0.29) is 0 Å². The molecule has 1 aromatic carbocycles. The van der Waals surface area contributed by atoms with Gasteiger partial charge in [0.05, 0.1) is 7.11 Å². The molecule has 0 N–H and O–H groups in total. The minimum Gasteiger partial charge on any atom is -0.497 e. The summed E-state index contributed by atoms with van der Waals surface area (Å²) in [6.07, 6.45) is 3.55. The van der Waals surface area contributed by atoms with Gasteiger partial charge in [-0.3, -0.25) is 0 Å². The molecule has 1 aromatic rings. The van der Waals surface area contributed by atoms with Crippen LogP contribution >= 0.6 is 11.6 Å². The third-order valence-electron chi connectivity index (χ3n) is 3.76. The summed E-state index contributed by atoms with van der Waals surface area (Å²) in [7, 11) is 1.71. The largest absolute Gasteiger partial charge is 0.497 e. The number of rotatable bonds is 3. The van der Waals surface area contributed by atoms with Gasteiger partial charge in [-0.2, -0.15) is 0 Å². The van der Waals surface area contributed by atoms with Gasteiger partial charge in [0, 0.05) is 5.38 Å². The average molecular weight is 239 g/mol. The van der Waals surface area contributed by atoms with Crippen LogP contribution in [0.25, 0.3) is 0 Å². The quantitative estimate of drug-likeness (QED) is 0.726. The zero-order valence-corrected chi connectivity index (χ0v) is 10.7. The van der Waals surface area contributed by atoms with Crippen LogP contribution in [-0.4, -0.2) is 12.5 Å². The van der Waals surface area contributed by atoms with Crippen LogP contribution in [0.3, 0.4) is 0 Å². The number of methoxy groups -OCH3 is 1. The molecule has 1 aliphatic rings. The topological polar surface area (TPSA) is 9.23 Å². The lowest BCUT2D eigenvalue weighted by molar-refractivity contribution is 0.407. The highest BCUT2D eigenvalue weighted by Gasteiger charge is 2.31. The van der Waals surface area contributed by atoms with Crippen LogP contribution in [0.5, 0.6) is 5.75 Å². The maximum atomic E-state index is 6.26. The maximum absolute atomic E-state index is 6.26. The van der Waals surface area contributed by atoms with Gasteiger partial charge in [-0.25, -0.2) is 0 Å². The fourth-order valence-electron chi connectivity index (χ4n) is 2.58. The molecule has 0 saturated heterocycles. The maximum Gasteiger partial charge on any atom is 0.119 e. The molecule has 2 heteroatoms. The Hall–Kier alpha value is -0.690. The van der Waals surface area contributed by atoms with Gasteiger partial charge in [0.2, 0.25) is 0 Å². The summed E-state index contributed by atoms with van der Waals surface area (Å²) >= 11 is 6.26. The zero-order chi connectivity index (χ0) is 11.5. The van der Waals surface area contributed by atoms with E-state index >= 15 is 0 Å². The van der Waals surface area contributed by atoms with Crippen molar-refractivity contribution >= 4 is 11.6 Å². The van der Waals surface area contributed by atoms with Crippen LogP contribution in [0.1, 0.15) is 25.3 Å². The zero-order valence-electron chi connectivity index (χ0n) is 9.95. The van der Waals surface area contributed by atoms with E-state index in [9.17, 15) is 0 Å². The average Bonchev–Trinajstić information content (AvgIpc) is 2.61. The van der Waals surface area contributed by atoms with E-state index in [1.54, 1.807) is 7.11 Å². The molecule has 0 aromatic heterocycles. The van der Waals surface area contributed by atoms with Crippen LogP contribution in [0.4, 0.5) is 0 Å². The van der Waals surface area contributed by atoms with Gasteiger partial charge in [-0.15, -0.1) is 11.6 Å². The van der Waals surface area contributed by atoms with E-state index in [1.165, 1.54) is 12.0 Å². The second-order valence-corrected chi connectivity index (χ2v) is 5.33. The van der Waals surface area contributed by atoms with Crippen molar-refractivity contribution < 1.29 is 4.74 Å². The number of benzene rings is 1. The third-order valence-corrected chi connectivity index (χ3v) is 4.38. The van der Waals surface area contributed by atoms with E-state index in [0.29, 0.717) is 11.3 Å². The summed E-state index contributed by atoms with van der Waals surface area (Å²) < 4.78 is 5.24. The van der Waals surface area contributed by atoms with Crippen molar-refractivity contribution in [2.24, 2.45) is 11.8 Å². The molecule has 1 fully saturated rings. The van der Waals surface area contributed by atoms with Gasteiger partial charge in [0.25, 0.3) is 0 Å². The molecule has 16 heavy (non-hydrogen) atoms. The predicted octanol–water partition coefficient (Wildman–Crippen LogP) is 3.89. The highest BCUT2D eigenvalue weighted by molar-refractivity contribution is 6.20. The summed E-state index contributed by atoms with van der Waals surface area (Å²) in [5.74, 6) is 2.31. The Labute approximate surface area is 103 Å². The van der Waals surface area contributed by atoms with Gasteiger partial charge in [0.1, 0.15) is 5.75 Å². The molecule has 0 radical (unpaired) electrons. The van der Waals surface area contributed by atoms with Gasteiger partial charge >= 0.3 is 0 Å². The van der Waals surface area contributed by atoms with Crippen molar-refractivity contribution in [3.8, 4) is 5.75 Å². The van der Waals surface area contributed by atoms with Crippen molar-refractivity contribution in [2.75, 3.05) is 7.11 Å². The van der Waals surface area contributed by atoms with Gasteiger partial charge < -0.3 is 4.74 Å². The Balaban J connectivity index is 2.03. The molecule has 1 nitrogen and oxygen atoms in total. The number of hydrogen-bond donors (Lipinski definition) is 0. The van der Waals surface area contributed by atoms with Crippen molar-refractivity contribution in [3.63, 3.8) is 0 Å². The van der Waals surface area contributed by atoms with Crippen molar-refractivity contribution in [3.05, 3.63) is 29.8 Å². The van der Waals surface area contributed by atoms with Crippen LogP contribution in [0.15, 0.2) is 24.3 Å². The molecule has 3 atom stereocenters. The molecular weight excluding hydrogens is 220 g/mol. The van der Waals surface area contributed by atoms with E-state index in [0.717, 1.165) is 24.5 Å². The van der Waals surface area contributed by atoms with Gasteiger partial charge in [-0.1, -0.05) is 19.1 Å². The first-order valence-corrected chi connectivity index (χ1v) is 6.41. The lowest BCUT2D eigenvalue weighted by Gasteiger charge is -2.17. The highest BCUT2D eigenvalue weighted by Crippen LogP contribution is 2.37. The number of alkyl halides is 1. The summed E-state index contributed by atoms with van der Waals surface area (Å²) in [5.41, 5.74) is 1.36. The van der Waals surface area contributed by atoms with Gasteiger partial charge in [-0.05, 0) is 48.8 Å². The van der Waals surface area contributed by atoms with E-state index in [1.807, 2.05) is 6.07 Å². The molecule has 2 rings (SSSR count). The monoisotopic (exact) mass is 238 g/mol. The molecule has 1 saturated carbocycles. The summed E-state index contributed by atoms with van der Waals surface area (Å²) in [4.78, 5) is 0. The Morgan fingerprint density at radius 3 is 2.81 bits per heavy atom. The molecule has 0 heterocycles. The SMILES string of the molecule is COc1cccc(CC2CCC(Cl)C2C)c1. The second kappa shape index (κ2) is 5.09. The molecule has 0 amide bonds. The van der Waals surface area contributed by atoms with Crippen LogP contribution in [0.2, 0.25) is 0 Å². The first kappa shape index (κ1) is 11.8. The predicted molar refractivity (Wildman–Crippen MR) is 68.2 cm³/mol. The minimum absolute atomic E-state index is 0.371. The molecule has 0 aliphatic heterocycles. The summed E-state index contributed by atoms with van der Waals surface area (Å²) in [6, 6.07) is 8.36. The molecule has 0 bridgehead atoms. The molecule has 1 aliphatic carbocycles. The Morgan fingerprint density at radius 1 is 1.38 bits per heavy atom. The van der Waals surface area contributed by atoms with Crippen molar-refractivity contribution in [2.45, 2.75) is 31.6 Å². The Bertz CT molecular complexity index is 350. The summed E-state index contributed by atoms with van der Waals surface area (Å²) in [6.45, 7) is 2.27. The standard InChI is InChI=1S/C14H19ClO/c1-10-12(6-7-14(10)15)8-11-4-3-5-13(9-11)16-2/h3-5,9-10,12,14H,6-8H2,1-2H3. The van der Waals surface area contributed by atoms with E-state index < -0.39 is 0 Å². The fourth-order valence-corrected chi connectivity index (χ4v) is 2.92. The van der Waals surface area contributed by atoms with Crippen molar-refractivity contribution in [1.82, 2.24) is 0 Å². The molecule has 88 valence electrons. The molecule has 3 unspecified atom stereocenters. The van der Waals surface area contributed by atoms with Crippen LogP contribution < -0.4 is 4.74 Å². The third kappa shape index (κ3) is 2.52. The number of halogens is 1. The molecular formula is C14H19ClO. The second-order valence-electron chi connectivity index (χ2n) is 4.77. The van der Waals surface area contributed by atoms with Crippen LogP contribution in [0, 0.1) is 11.8 Å². The first-order chi connectivity index (χ1) is 7.70. The van der Waals surface area contributed by atoms with E-state index in [2.05, 4.69) is 25.1 Å². The lowest BCUT2D eigenvalue weighted by atomic mass is 9.91. The molecule has 0 spiro atoms. The van der Waals surface area contributed by atoms with Gasteiger partial charge in [0.15, 0.2) is 0 Å². The summed E-state index contributed by atoms with van der Waals surface area (Å²) in [5, 5.41) is 0.371. The number of hydrogen-bond acceptors (Lipinski definition) is 1. The Kier molecular flexibility index (Phi) is 3.75. The number of ether oxygens (including phenoxy) is 1. The Morgan fingerprint density at radius 2 is 2.19 bits per heavy atom. The van der Waals surface area contributed by atoms with Crippen LogP contribution in [-0.2, 0) is 6.42 Å². The minimum atomic E-state index is 0.371. The highest BCUT2D eigenvalue weighted by atomic mass is 35.5. The lowest BCUT2D eigenvalue weighted by Crippen LogP contribution is -2.13. The van der Waals surface area contributed by atoms with E-state index in [4.69, 9.17) is 16.3 Å². The normalized spacial score (nSPS) is 29.3. The fraction of sp³-hybridized carbons (Fsp3) is 0.571.